The van der Waals surface area contributed by atoms with E-state index in [1.165, 1.54) is 36.0 Å². The van der Waals surface area contributed by atoms with Gasteiger partial charge in [-0.25, -0.2) is 18.5 Å². The van der Waals surface area contributed by atoms with Crippen LogP contribution in [-0.4, -0.2) is 29.6 Å². The van der Waals surface area contributed by atoms with Crippen LogP contribution in [0.2, 0.25) is 0 Å². The summed E-state index contributed by atoms with van der Waals surface area (Å²) in [6.07, 6.45) is 0.202. The molecule has 0 saturated heterocycles. The summed E-state index contributed by atoms with van der Waals surface area (Å²) in [4.78, 5) is 29.3. The van der Waals surface area contributed by atoms with Gasteiger partial charge in [-0.2, -0.15) is 0 Å². The average molecular weight is 433 g/mol. The van der Waals surface area contributed by atoms with Crippen molar-refractivity contribution in [1.82, 2.24) is 9.55 Å². The van der Waals surface area contributed by atoms with Crippen LogP contribution in [0.25, 0.3) is 10.9 Å². The Balaban J connectivity index is 1.64. The van der Waals surface area contributed by atoms with Gasteiger partial charge >= 0.3 is 0 Å². The zero-order valence-electron chi connectivity index (χ0n) is 15.7. The number of sulfonamides is 1. The minimum atomic E-state index is -3.77. The van der Waals surface area contributed by atoms with Crippen LogP contribution in [0.1, 0.15) is 13.3 Å². The fourth-order valence-electron chi connectivity index (χ4n) is 2.72. The van der Waals surface area contributed by atoms with E-state index in [1.807, 2.05) is 13.0 Å². The molecule has 1 heterocycles. The van der Waals surface area contributed by atoms with Crippen molar-refractivity contribution >= 4 is 44.3 Å². The molecule has 0 saturated carbocycles. The number of carbonyl (C=O) groups is 1. The van der Waals surface area contributed by atoms with Gasteiger partial charge in [0.25, 0.3) is 5.56 Å². The van der Waals surface area contributed by atoms with E-state index in [9.17, 15) is 18.0 Å². The molecule has 1 amide bonds. The number of para-hydroxylation sites is 1. The largest absolute Gasteiger partial charge is 0.326 e. The smallest absolute Gasteiger partial charge is 0.262 e. The lowest BCUT2D eigenvalue weighted by molar-refractivity contribution is -0.115. The number of thioether (sulfide) groups is 1. The Labute approximate surface area is 172 Å². The average Bonchev–Trinajstić information content (AvgIpc) is 2.68. The van der Waals surface area contributed by atoms with Gasteiger partial charge in [0.1, 0.15) is 0 Å². The van der Waals surface area contributed by atoms with Crippen LogP contribution in [0.5, 0.6) is 0 Å². The Morgan fingerprint density at radius 1 is 1.17 bits per heavy atom. The lowest BCUT2D eigenvalue weighted by atomic mass is 10.2. The number of benzene rings is 2. The lowest BCUT2D eigenvalue weighted by Crippen LogP contribution is -2.22. The fourth-order valence-corrected chi connectivity index (χ4v) is 4.24. The molecule has 0 unspecified atom stereocenters. The van der Waals surface area contributed by atoms with E-state index in [-0.39, 0.29) is 22.8 Å². The van der Waals surface area contributed by atoms with Gasteiger partial charge in [0.15, 0.2) is 5.16 Å². The Kier molecular flexibility index (Phi) is 6.36. The number of rotatable bonds is 7. The van der Waals surface area contributed by atoms with Crippen molar-refractivity contribution < 1.29 is 13.2 Å². The van der Waals surface area contributed by atoms with E-state index in [1.54, 1.807) is 22.8 Å². The third kappa shape index (κ3) is 5.03. The highest BCUT2D eigenvalue weighted by molar-refractivity contribution is 7.99. The summed E-state index contributed by atoms with van der Waals surface area (Å²) in [6.45, 7) is 2.36. The van der Waals surface area contributed by atoms with E-state index < -0.39 is 10.0 Å². The number of nitrogens with zero attached hydrogens (tertiary/aromatic N) is 2. The van der Waals surface area contributed by atoms with Crippen LogP contribution < -0.4 is 16.0 Å². The minimum Gasteiger partial charge on any atom is -0.326 e. The number of hydrogen-bond acceptors (Lipinski definition) is 6. The van der Waals surface area contributed by atoms with Gasteiger partial charge < -0.3 is 5.32 Å². The number of nitrogens with two attached hydrogens (primary N) is 1. The molecule has 0 fully saturated rings. The first-order valence-electron chi connectivity index (χ1n) is 8.84. The summed E-state index contributed by atoms with van der Waals surface area (Å²) in [5.41, 5.74) is 1.01. The normalized spacial score (nSPS) is 11.5. The van der Waals surface area contributed by atoms with Gasteiger partial charge in [-0.3, -0.25) is 14.2 Å². The summed E-state index contributed by atoms with van der Waals surface area (Å²) in [7, 11) is -3.77. The van der Waals surface area contributed by atoms with Gasteiger partial charge in [-0.15, -0.1) is 0 Å². The molecule has 0 aliphatic carbocycles. The Morgan fingerprint density at radius 3 is 2.52 bits per heavy atom. The van der Waals surface area contributed by atoms with Crippen LogP contribution in [0.4, 0.5) is 5.69 Å². The fraction of sp³-hybridized carbons (Fsp3) is 0.211. The molecular formula is C19H20N4O4S2. The molecule has 0 bridgehead atoms. The number of anilines is 1. The summed E-state index contributed by atoms with van der Waals surface area (Å²) < 4.78 is 24.1. The van der Waals surface area contributed by atoms with Crippen LogP contribution in [-0.2, 0) is 21.4 Å². The van der Waals surface area contributed by atoms with Crippen LogP contribution >= 0.6 is 11.8 Å². The van der Waals surface area contributed by atoms with E-state index in [2.05, 4.69) is 10.3 Å². The van der Waals surface area contributed by atoms with Crippen molar-refractivity contribution in [3.8, 4) is 0 Å². The molecule has 3 aromatic rings. The quantitative estimate of drug-likeness (QED) is 0.436. The highest BCUT2D eigenvalue weighted by Gasteiger charge is 2.12. The molecular weight excluding hydrogens is 412 g/mol. The SMILES string of the molecule is CCn1c(SCCC(=O)Nc2ccc(S(N)(=O)=O)cc2)nc2ccccc2c1=O. The number of primary sulfonamides is 1. The zero-order chi connectivity index (χ0) is 21.0. The van der Waals surface area contributed by atoms with Gasteiger partial charge in [0.05, 0.1) is 15.8 Å². The second-order valence-electron chi connectivity index (χ2n) is 6.18. The van der Waals surface area contributed by atoms with Gasteiger partial charge in [-0.05, 0) is 43.3 Å². The van der Waals surface area contributed by atoms with Crippen molar-refractivity contribution in [2.75, 3.05) is 11.1 Å². The maximum atomic E-state index is 12.6. The van der Waals surface area contributed by atoms with Gasteiger partial charge in [0, 0.05) is 24.4 Å². The van der Waals surface area contributed by atoms with Crippen molar-refractivity contribution in [2.45, 2.75) is 29.9 Å². The maximum absolute atomic E-state index is 12.6. The number of amides is 1. The summed E-state index contributed by atoms with van der Waals surface area (Å²) in [6, 6.07) is 12.8. The molecule has 0 spiro atoms. The molecule has 8 nitrogen and oxygen atoms in total. The molecule has 1 aromatic heterocycles. The standard InChI is InChI=1S/C19H20N4O4S2/c1-2-23-18(25)15-5-3-4-6-16(15)22-19(23)28-12-11-17(24)21-13-7-9-14(10-8-13)29(20,26)27/h3-10H,2,11-12H2,1H3,(H,21,24)(H2,20,26,27). The summed E-state index contributed by atoms with van der Waals surface area (Å²) in [5, 5.41) is 8.89. The molecule has 3 N–H and O–H groups in total. The molecule has 0 aliphatic heterocycles. The van der Waals surface area contributed by atoms with Crippen molar-refractivity contribution in [3.63, 3.8) is 0 Å². The van der Waals surface area contributed by atoms with Crippen molar-refractivity contribution in [1.29, 1.82) is 0 Å². The number of aromatic nitrogens is 2. The first kappa shape index (κ1) is 21.0. The molecule has 10 heteroatoms. The van der Waals surface area contributed by atoms with E-state index in [0.29, 0.717) is 34.0 Å². The molecule has 3 rings (SSSR count). The summed E-state index contributed by atoms with van der Waals surface area (Å²) in [5.74, 6) is 0.207. The first-order valence-corrected chi connectivity index (χ1v) is 11.4. The second-order valence-corrected chi connectivity index (χ2v) is 8.80. The predicted molar refractivity (Wildman–Crippen MR) is 113 cm³/mol. The summed E-state index contributed by atoms with van der Waals surface area (Å²) >= 11 is 1.34. The Morgan fingerprint density at radius 2 is 1.86 bits per heavy atom. The highest BCUT2D eigenvalue weighted by Crippen LogP contribution is 2.19. The van der Waals surface area contributed by atoms with Crippen LogP contribution in [0.3, 0.4) is 0 Å². The molecule has 29 heavy (non-hydrogen) atoms. The zero-order valence-corrected chi connectivity index (χ0v) is 17.3. The second kappa shape index (κ2) is 8.76. The third-order valence-corrected chi connectivity index (χ3v) is 6.08. The number of hydrogen-bond donors (Lipinski definition) is 2. The molecule has 2 aromatic carbocycles. The van der Waals surface area contributed by atoms with E-state index >= 15 is 0 Å². The Bertz CT molecular complexity index is 1210. The van der Waals surface area contributed by atoms with Gasteiger partial charge in [-0.1, -0.05) is 23.9 Å². The first-order chi connectivity index (χ1) is 13.8. The molecule has 152 valence electrons. The highest BCUT2D eigenvalue weighted by atomic mass is 32.2. The number of carbonyl (C=O) groups excluding carboxylic acids is 1. The van der Waals surface area contributed by atoms with E-state index in [4.69, 9.17) is 5.14 Å². The van der Waals surface area contributed by atoms with Crippen LogP contribution in [0.15, 0.2) is 63.4 Å². The minimum absolute atomic E-state index is 0.0222. The monoisotopic (exact) mass is 432 g/mol. The van der Waals surface area contributed by atoms with Gasteiger partial charge in [0.2, 0.25) is 15.9 Å². The topological polar surface area (TPSA) is 124 Å². The van der Waals surface area contributed by atoms with Crippen LogP contribution in [0, 0.1) is 0 Å². The number of fused-ring (bicyclic) bond motifs is 1. The predicted octanol–water partition coefficient (Wildman–Crippen LogP) is 2.18. The maximum Gasteiger partial charge on any atom is 0.262 e. The Hall–Kier alpha value is -2.69. The molecule has 0 radical (unpaired) electrons. The number of nitrogens with one attached hydrogen (secondary N) is 1. The molecule has 0 atom stereocenters. The van der Waals surface area contributed by atoms with E-state index in [0.717, 1.165) is 0 Å². The third-order valence-electron chi connectivity index (χ3n) is 4.17. The molecule has 0 aliphatic rings. The lowest BCUT2D eigenvalue weighted by Gasteiger charge is -2.11. The van der Waals surface area contributed by atoms with Crippen molar-refractivity contribution in [3.05, 3.63) is 58.9 Å². The van der Waals surface area contributed by atoms with Crippen molar-refractivity contribution in [2.24, 2.45) is 5.14 Å².